The summed E-state index contributed by atoms with van der Waals surface area (Å²) in [5.74, 6) is -1.50. The van der Waals surface area contributed by atoms with Gasteiger partial charge in [0.25, 0.3) is 0 Å². The van der Waals surface area contributed by atoms with Gasteiger partial charge >= 0.3 is 5.97 Å². The van der Waals surface area contributed by atoms with Crippen LogP contribution in [-0.2, 0) is 31.1 Å². The average molecular weight is 498 g/mol. The smallest absolute Gasteiger partial charge is 0.302 e. The molecule has 188 valence electrons. The zero-order valence-electron chi connectivity index (χ0n) is 19.0. The molecule has 1 saturated heterocycles. The number of benzene rings is 1. The van der Waals surface area contributed by atoms with E-state index < -0.39 is 47.6 Å². The maximum Gasteiger partial charge on any atom is 0.302 e. The van der Waals surface area contributed by atoms with Crippen LogP contribution in [0.25, 0.3) is 5.52 Å². The Bertz CT molecular complexity index is 1320. The van der Waals surface area contributed by atoms with Crippen LogP contribution in [0.15, 0.2) is 42.7 Å². The highest BCUT2D eigenvalue weighted by atomic mass is 19.1. The second kappa shape index (κ2) is 9.96. The van der Waals surface area contributed by atoms with Crippen molar-refractivity contribution in [2.24, 2.45) is 5.73 Å². The van der Waals surface area contributed by atoms with E-state index in [0.29, 0.717) is 5.56 Å². The minimum atomic E-state index is -2.05. The molecular formula is C23H23FN6O6. The molecule has 1 fully saturated rings. The summed E-state index contributed by atoms with van der Waals surface area (Å²) >= 11 is 0. The minimum Gasteiger partial charge on any atom is -0.463 e. The molecule has 0 radical (unpaired) electrons. The molecular weight excluding hydrogens is 475 g/mol. The summed E-state index contributed by atoms with van der Waals surface area (Å²) in [7, 11) is 0. The van der Waals surface area contributed by atoms with E-state index in [1.807, 2.05) is 6.07 Å². The highest BCUT2D eigenvalue weighted by molar-refractivity contribution is 5.97. The number of esters is 1. The fourth-order valence-electron chi connectivity index (χ4n) is 4.00. The van der Waals surface area contributed by atoms with E-state index in [9.17, 15) is 29.5 Å². The zero-order valence-corrected chi connectivity index (χ0v) is 19.0. The number of nitrogens with one attached hydrogen (secondary N) is 1. The molecule has 3 heterocycles. The van der Waals surface area contributed by atoms with Gasteiger partial charge < -0.3 is 30.7 Å². The Morgan fingerprint density at radius 2 is 2.06 bits per heavy atom. The number of ether oxygens (including phenoxy) is 2. The Morgan fingerprint density at radius 3 is 2.72 bits per heavy atom. The van der Waals surface area contributed by atoms with Crippen LogP contribution in [-0.4, -0.2) is 67.6 Å². The molecule has 4 rings (SSSR count). The van der Waals surface area contributed by atoms with Gasteiger partial charge in [-0.2, -0.15) is 10.4 Å². The van der Waals surface area contributed by atoms with Crippen LogP contribution in [0, 0.1) is 17.1 Å². The number of fused-ring (bicyclic) bond motifs is 1. The number of nitrogens with zero attached hydrogens (tertiary/aromatic N) is 4. The van der Waals surface area contributed by atoms with Gasteiger partial charge in [-0.3, -0.25) is 9.59 Å². The van der Waals surface area contributed by atoms with Crippen molar-refractivity contribution in [3.8, 4) is 6.07 Å². The number of carbonyl (C=O) groups is 2. The third kappa shape index (κ3) is 4.62. The average Bonchev–Trinajstić information content (AvgIpc) is 3.40. The standard InChI is InChI=1S/C23H23FN6O6/c1-12(31)35-9-17-19(32)20(33)23(10-25,36-17)18-7-6-16-21(27-11-28-30(16)18)29-22(34)15(26)8-13-2-4-14(24)5-3-13/h2-7,11,15,17,19-20,32-33H,8-9,26H2,1H3,(H,27,28,29,34)/t15-,17+,19+,20+,23-/m0/s1. The monoisotopic (exact) mass is 498 g/mol. The van der Waals surface area contributed by atoms with E-state index in [1.165, 1.54) is 47.8 Å². The van der Waals surface area contributed by atoms with Crippen molar-refractivity contribution in [2.45, 2.75) is 43.3 Å². The molecule has 5 atom stereocenters. The van der Waals surface area contributed by atoms with E-state index in [1.54, 1.807) is 0 Å². The number of aromatic nitrogens is 3. The molecule has 1 amide bonds. The largest absolute Gasteiger partial charge is 0.463 e. The fraction of sp³-hybridized carbons (Fsp3) is 0.348. The van der Waals surface area contributed by atoms with Gasteiger partial charge in [-0.15, -0.1) is 0 Å². The molecule has 0 aliphatic carbocycles. The Hall–Kier alpha value is -3.96. The lowest BCUT2D eigenvalue weighted by molar-refractivity contribution is -0.148. The highest BCUT2D eigenvalue weighted by Gasteiger charge is 2.57. The first kappa shape index (κ1) is 25.1. The van der Waals surface area contributed by atoms with Crippen LogP contribution >= 0.6 is 0 Å². The highest BCUT2D eigenvalue weighted by Crippen LogP contribution is 2.40. The van der Waals surface area contributed by atoms with Gasteiger partial charge in [-0.05, 0) is 36.2 Å². The van der Waals surface area contributed by atoms with Gasteiger partial charge in [0.1, 0.15) is 48.6 Å². The summed E-state index contributed by atoms with van der Waals surface area (Å²) in [6.45, 7) is 0.802. The molecule has 0 spiro atoms. The lowest BCUT2D eigenvalue weighted by Gasteiger charge is -2.24. The minimum absolute atomic E-state index is 0.0605. The Kier molecular flexibility index (Phi) is 6.95. The third-order valence-electron chi connectivity index (χ3n) is 5.85. The van der Waals surface area contributed by atoms with Crippen molar-refractivity contribution in [2.75, 3.05) is 11.9 Å². The Morgan fingerprint density at radius 1 is 1.33 bits per heavy atom. The number of aliphatic hydroxyl groups excluding tert-OH is 2. The molecule has 5 N–H and O–H groups in total. The quantitative estimate of drug-likeness (QED) is 0.317. The molecule has 13 heteroatoms. The molecule has 3 aromatic rings. The molecule has 2 aromatic heterocycles. The normalized spacial score (nSPS) is 24.3. The van der Waals surface area contributed by atoms with Crippen molar-refractivity contribution in [3.63, 3.8) is 0 Å². The van der Waals surface area contributed by atoms with Crippen LogP contribution in [0.4, 0.5) is 10.2 Å². The molecule has 0 bridgehead atoms. The van der Waals surface area contributed by atoms with Crippen molar-refractivity contribution in [1.82, 2.24) is 14.6 Å². The van der Waals surface area contributed by atoms with E-state index in [4.69, 9.17) is 15.2 Å². The Labute approximate surface area is 204 Å². The lowest BCUT2D eigenvalue weighted by atomic mass is 9.92. The van der Waals surface area contributed by atoms with E-state index in [2.05, 4.69) is 15.4 Å². The molecule has 0 saturated carbocycles. The van der Waals surface area contributed by atoms with Gasteiger partial charge in [0.15, 0.2) is 5.82 Å². The van der Waals surface area contributed by atoms with Crippen molar-refractivity contribution < 1.29 is 33.7 Å². The van der Waals surface area contributed by atoms with Gasteiger partial charge in [0.2, 0.25) is 11.5 Å². The van der Waals surface area contributed by atoms with E-state index in [0.717, 1.165) is 6.33 Å². The summed E-state index contributed by atoms with van der Waals surface area (Å²) in [6, 6.07) is 9.46. The number of aliphatic hydroxyl groups is 2. The first-order valence-corrected chi connectivity index (χ1v) is 10.9. The van der Waals surface area contributed by atoms with Gasteiger partial charge in [0, 0.05) is 6.92 Å². The molecule has 1 aliphatic heterocycles. The van der Waals surface area contributed by atoms with Crippen LogP contribution in [0.3, 0.4) is 0 Å². The number of rotatable bonds is 7. The van der Waals surface area contributed by atoms with Gasteiger partial charge in [0.05, 0.1) is 11.7 Å². The number of amides is 1. The molecule has 36 heavy (non-hydrogen) atoms. The summed E-state index contributed by atoms with van der Waals surface area (Å²) in [4.78, 5) is 27.9. The summed E-state index contributed by atoms with van der Waals surface area (Å²) < 4.78 is 24.9. The first-order chi connectivity index (χ1) is 17.2. The number of nitriles is 1. The lowest BCUT2D eigenvalue weighted by Crippen LogP contribution is -2.41. The summed E-state index contributed by atoms with van der Waals surface area (Å²) in [5, 5.41) is 37.8. The SMILES string of the molecule is CC(=O)OC[C@H]1O[C@@](C#N)(c2ccc3c(NC(=O)[C@@H](N)Cc4ccc(F)cc4)ncnn23)[C@H](O)[C@@H]1O. The van der Waals surface area contributed by atoms with Gasteiger partial charge in [-0.25, -0.2) is 13.9 Å². The van der Waals surface area contributed by atoms with Crippen LogP contribution < -0.4 is 11.1 Å². The molecule has 0 unspecified atom stereocenters. The predicted molar refractivity (Wildman–Crippen MR) is 121 cm³/mol. The van der Waals surface area contributed by atoms with E-state index in [-0.39, 0.29) is 30.1 Å². The number of nitrogens with two attached hydrogens (primary N) is 1. The van der Waals surface area contributed by atoms with Crippen molar-refractivity contribution in [3.05, 3.63) is 59.8 Å². The molecule has 12 nitrogen and oxygen atoms in total. The number of halogens is 1. The molecule has 1 aliphatic rings. The molecule has 1 aromatic carbocycles. The second-order valence-corrected chi connectivity index (χ2v) is 8.29. The van der Waals surface area contributed by atoms with Crippen LogP contribution in [0.2, 0.25) is 0 Å². The van der Waals surface area contributed by atoms with E-state index >= 15 is 0 Å². The number of hydrogen-bond donors (Lipinski definition) is 4. The number of carbonyl (C=O) groups excluding carboxylic acids is 2. The van der Waals surface area contributed by atoms with Crippen LogP contribution in [0.5, 0.6) is 0 Å². The van der Waals surface area contributed by atoms with Gasteiger partial charge in [-0.1, -0.05) is 12.1 Å². The predicted octanol–water partition coefficient (Wildman–Crippen LogP) is -0.221. The number of anilines is 1. The topological polar surface area (TPSA) is 185 Å². The summed E-state index contributed by atoms with van der Waals surface area (Å²) in [6.07, 6.45) is -3.12. The fourth-order valence-corrected chi connectivity index (χ4v) is 4.00. The first-order valence-electron chi connectivity index (χ1n) is 10.9. The maximum absolute atomic E-state index is 13.1. The maximum atomic E-state index is 13.1. The van der Waals surface area contributed by atoms with Crippen LogP contribution in [0.1, 0.15) is 18.2 Å². The number of hydrogen-bond acceptors (Lipinski definition) is 10. The van der Waals surface area contributed by atoms with Crippen molar-refractivity contribution in [1.29, 1.82) is 5.26 Å². The zero-order chi connectivity index (χ0) is 26.0. The second-order valence-electron chi connectivity index (χ2n) is 8.29. The van der Waals surface area contributed by atoms with Crippen molar-refractivity contribution >= 4 is 23.2 Å². The summed E-state index contributed by atoms with van der Waals surface area (Å²) in [5.41, 5.74) is 4.95. The Balaban J connectivity index is 1.58. The third-order valence-corrected chi connectivity index (χ3v) is 5.85.